The van der Waals surface area contributed by atoms with Gasteiger partial charge in [0.05, 0.1) is 5.54 Å². The molecule has 0 aromatic heterocycles. The van der Waals surface area contributed by atoms with Crippen molar-refractivity contribution in [2.75, 3.05) is 14.1 Å². The summed E-state index contributed by atoms with van der Waals surface area (Å²) in [5.74, 6) is 1.69. The van der Waals surface area contributed by atoms with Crippen LogP contribution in [-0.2, 0) is 4.74 Å². The van der Waals surface area contributed by atoms with E-state index in [1.165, 1.54) is 12.1 Å². The number of hydrogen-bond donors (Lipinski definition) is 2. The van der Waals surface area contributed by atoms with Gasteiger partial charge in [0.25, 0.3) is 0 Å². The van der Waals surface area contributed by atoms with E-state index < -0.39 is 0 Å². The van der Waals surface area contributed by atoms with Gasteiger partial charge in [-0.2, -0.15) is 10.5 Å². The maximum atomic E-state index is 7.26. The Labute approximate surface area is 143 Å². The number of rotatable bonds is 4. The van der Waals surface area contributed by atoms with Crippen molar-refractivity contribution in [1.29, 1.82) is 10.5 Å². The van der Waals surface area contributed by atoms with Crippen LogP contribution in [-0.4, -0.2) is 19.6 Å². The third-order valence-corrected chi connectivity index (χ3v) is 3.56. The molecule has 5 heteroatoms. The van der Waals surface area contributed by atoms with Gasteiger partial charge < -0.3 is 15.4 Å². The molecule has 2 aliphatic rings. The Hall–Kier alpha value is -3.02. The van der Waals surface area contributed by atoms with E-state index in [4.69, 9.17) is 15.3 Å². The van der Waals surface area contributed by atoms with Gasteiger partial charge in [-0.25, -0.2) is 0 Å². The van der Waals surface area contributed by atoms with Crippen LogP contribution < -0.4 is 10.6 Å². The summed E-state index contributed by atoms with van der Waals surface area (Å²) in [4.78, 5) is 0. The van der Waals surface area contributed by atoms with Crippen LogP contribution in [0.1, 0.15) is 13.3 Å². The Morgan fingerprint density at radius 1 is 1.29 bits per heavy atom. The number of likely N-dealkylation sites (N-methyl/N-ethyl adjacent to an activating group) is 2. The zero-order valence-corrected chi connectivity index (χ0v) is 14.3. The van der Waals surface area contributed by atoms with Crippen molar-refractivity contribution in [2.45, 2.75) is 18.9 Å². The molecule has 1 aliphatic heterocycles. The Kier molecular flexibility index (Phi) is 7.29. The van der Waals surface area contributed by atoms with Gasteiger partial charge in [0.1, 0.15) is 11.5 Å². The molecule has 0 aromatic carbocycles. The van der Waals surface area contributed by atoms with Crippen LogP contribution in [0.4, 0.5) is 0 Å². The molecule has 2 rings (SSSR count). The summed E-state index contributed by atoms with van der Waals surface area (Å²) in [6, 6.07) is 2.47. The summed E-state index contributed by atoms with van der Waals surface area (Å²) in [5, 5.41) is 21.0. The molecule has 1 aliphatic carbocycles. The monoisotopic (exact) mass is 322 g/mol. The summed E-state index contributed by atoms with van der Waals surface area (Å²) in [6.07, 6.45) is 15.3. The number of hydrogen-bond acceptors (Lipinski definition) is 5. The van der Waals surface area contributed by atoms with Crippen LogP contribution >= 0.6 is 0 Å². The quantitative estimate of drug-likeness (QED) is 0.831. The van der Waals surface area contributed by atoms with Crippen molar-refractivity contribution >= 4 is 0 Å². The summed E-state index contributed by atoms with van der Waals surface area (Å²) in [7, 11) is 3.90. The second kappa shape index (κ2) is 9.19. The maximum absolute atomic E-state index is 7.26. The Balaban J connectivity index is 0.000000648. The minimum absolute atomic E-state index is 0.166. The summed E-state index contributed by atoms with van der Waals surface area (Å²) < 4.78 is 5.67. The zero-order valence-electron chi connectivity index (χ0n) is 14.3. The molecule has 0 spiro atoms. The highest BCUT2D eigenvalue weighted by Crippen LogP contribution is 2.24. The van der Waals surface area contributed by atoms with Gasteiger partial charge in [0.15, 0.2) is 12.1 Å². The van der Waals surface area contributed by atoms with Crippen LogP contribution in [0.3, 0.4) is 0 Å². The van der Waals surface area contributed by atoms with Crippen molar-refractivity contribution < 1.29 is 4.74 Å². The zero-order chi connectivity index (χ0) is 18.0. The van der Waals surface area contributed by atoms with E-state index in [2.05, 4.69) is 41.5 Å². The average molecular weight is 322 g/mol. The van der Waals surface area contributed by atoms with E-state index in [1.807, 2.05) is 39.2 Å². The number of ether oxygens (including phenoxy) is 1. The molecule has 0 amide bonds. The molecule has 5 nitrogen and oxygen atoms in total. The van der Waals surface area contributed by atoms with Crippen LogP contribution in [0, 0.1) is 22.7 Å². The molecule has 1 atom stereocenters. The van der Waals surface area contributed by atoms with E-state index in [1.54, 1.807) is 0 Å². The smallest absolute Gasteiger partial charge is 0.181 e. The molecule has 1 heterocycles. The first kappa shape index (κ1) is 19.0. The van der Waals surface area contributed by atoms with Crippen LogP contribution in [0.15, 0.2) is 71.9 Å². The topological polar surface area (TPSA) is 80.9 Å². The lowest BCUT2D eigenvalue weighted by molar-refractivity contribution is 0.317. The van der Waals surface area contributed by atoms with Crippen molar-refractivity contribution in [3.8, 4) is 12.1 Å². The highest BCUT2D eigenvalue weighted by molar-refractivity contribution is 5.40. The highest BCUT2D eigenvalue weighted by Gasteiger charge is 2.23. The van der Waals surface area contributed by atoms with Crippen molar-refractivity contribution in [2.24, 2.45) is 0 Å². The molecule has 0 fully saturated rings. The molecular weight excluding hydrogens is 300 g/mol. The highest BCUT2D eigenvalue weighted by atomic mass is 16.5. The van der Waals surface area contributed by atoms with Crippen molar-refractivity contribution in [3.63, 3.8) is 0 Å². The third-order valence-electron chi connectivity index (χ3n) is 3.56. The Morgan fingerprint density at radius 3 is 2.46 bits per heavy atom. The van der Waals surface area contributed by atoms with Gasteiger partial charge in [-0.15, -0.1) is 0 Å². The van der Waals surface area contributed by atoms with E-state index in [9.17, 15) is 0 Å². The molecule has 0 saturated carbocycles. The fourth-order valence-corrected chi connectivity index (χ4v) is 2.27. The van der Waals surface area contributed by atoms with Crippen LogP contribution in [0.25, 0.3) is 0 Å². The predicted octanol–water partition coefficient (Wildman–Crippen LogP) is 2.97. The first-order valence-electron chi connectivity index (χ1n) is 7.49. The van der Waals surface area contributed by atoms with E-state index in [0.717, 1.165) is 29.2 Å². The van der Waals surface area contributed by atoms with E-state index in [-0.39, 0.29) is 5.54 Å². The predicted molar refractivity (Wildman–Crippen MR) is 95.1 cm³/mol. The van der Waals surface area contributed by atoms with Gasteiger partial charge in [0, 0.05) is 12.7 Å². The first-order chi connectivity index (χ1) is 11.5. The molecule has 1 unspecified atom stereocenters. The fourth-order valence-electron chi connectivity index (χ4n) is 2.27. The lowest BCUT2D eigenvalue weighted by Gasteiger charge is -2.29. The van der Waals surface area contributed by atoms with Gasteiger partial charge in [0.2, 0.25) is 0 Å². The van der Waals surface area contributed by atoms with Gasteiger partial charge in [-0.1, -0.05) is 24.8 Å². The van der Waals surface area contributed by atoms with E-state index >= 15 is 0 Å². The number of nitriles is 2. The largest absolute Gasteiger partial charge is 0.462 e. The lowest BCUT2D eigenvalue weighted by Crippen LogP contribution is -2.40. The summed E-state index contributed by atoms with van der Waals surface area (Å²) in [5.41, 5.74) is 1.94. The SMILES string of the molecule is C=C1C=C(C)OC(C=CC2(NC)C=CC(NC)=CC2)=C1.N#CC#N. The fraction of sp³-hybridized carbons (Fsp3) is 0.263. The molecule has 24 heavy (non-hydrogen) atoms. The first-order valence-corrected chi connectivity index (χ1v) is 7.49. The van der Waals surface area contributed by atoms with Crippen LogP contribution in [0.5, 0.6) is 0 Å². The third kappa shape index (κ3) is 5.64. The van der Waals surface area contributed by atoms with Gasteiger partial charge in [-0.05, 0) is 50.3 Å². The summed E-state index contributed by atoms with van der Waals surface area (Å²) in [6.45, 7) is 5.89. The van der Waals surface area contributed by atoms with Crippen LogP contribution in [0.2, 0.25) is 0 Å². The average Bonchev–Trinajstić information content (AvgIpc) is 2.60. The Morgan fingerprint density at radius 2 is 2.00 bits per heavy atom. The van der Waals surface area contributed by atoms with E-state index in [0.29, 0.717) is 0 Å². The summed E-state index contributed by atoms with van der Waals surface area (Å²) >= 11 is 0. The molecule has 0 saturated heterocycles. The lowest BCUT2D eigenvalue weighted by atomic mass is 9.89. The number of allylic oxidation sites excluding steroid dienone is 6. The standard InChI is InChI=1S/C17H22N2O.C2N2/c1-13-11-14(2)20-16(12-13)7-10-17(19-4)8-5-15(18-3)6-9-17;3-1-2-4/h5-8,10-12,18-19H,1,9H2,2-4H3;. The number of nitrogens with one attached hydrogen (secondary N) is 2. The Bertz CT molecular complexity index is 699. The van der Waals surface area contributed by atoms with Gasteiger partial charge >= 0.3 is 0 Å². The molecule has 124 valence electrons. The van der Waals surface area contributed by atoms with Crippen molar-refractivity contribution in [1.82, 2.24) is 10.6 Å². The second-order valence-electron chi connectivity index (χ2n) is 5.27. The minimum atomic E-state index is -0.166. The van der Waals surface area contributed by atoms with Crippen molar-refractivity contribution in [3.05, 3.63) is 71.9 Å². The van der Waals surface area contributed by atoms with Gasteiger partial charge in [-0.3, -0.25) is 0 Å². The molecular formula is C19H22N4O. The molecule has 0 radical (unpaired) electrons. The normalized spacial score (nSPS) is 22.0. The molecule has 0 aromatic rings. The number of nitrogens with zero attached hydrogens (tertiary/aromatic N) is 2. The molecule has 2 N–H and O–H groups in total. The second-order valence-corrected chi connectivity index (χ2v) is 5.27. The maximum Gasteiger partial charge on any atom is 0.181 e. The molecule has 0 bridgehead atoms. The minimum Gasteiger partial charge on any atom is -0.462 e.